The summed E-state index contributed by atoms with van der Waals surface area (Å²) in [6, 6.07) is -0.647. The van der Waals surface area contributed by atoms with Gasteiger partial charge >= 0.3 is 5.97 Å². The van der Waals surface area contributed by atoms with Gasteiger partial charge < -0.3 is 20.3 Å². The standard InChI is InChI=1S/C58H109NO5/c1-3-5-7-9-11-13-15-17-19-21-22-23-25-27-32-36-40-44-48-52-58(63)64-53-49-45-41-37-33-29-28-31-35-39-43-47-51-57(62)59-55(54-60)56(61)50-46-42-38-34-30-26-24-20-18-16-14-12-10-8-6-4-2/h17,19,29,33,46,50,55-56,60-61H,3-16,18,20-28,30-32,34-45,47-49,51-54H2,1-2H3,(H,59,62)/b19-17-,33-29-,50-46+. The van der Waals surface area contributed by atoms with Gasteiger partial charge in [0.25, 0.3) is 0 Å². The Kier molecular flexibility index (Phi) is 52.1. The number of ether oxygens (including phenoxy) is 1. The van der Waals surface area contributed by atoms with E-state index in [2.05, 4.69) is 43.5 Å². The fourth-order valence-corrected chi connectivity index (χ4v) is 8.50. The average molecular weight is 901 g/mol. The molecule has 376 valence electrons. The van der Waals surface area contributed by atoms with E-state index in [1.165, 1.54) is 186 Å². The van der Waals surface area contributed by atoms with E-state index < -0.39 is 12.1 Å². The third kappa shape index (κ3) is 49.5. The van der Waals surface area contributed by atoms with Crippen LogP contribution in [0.2, 0.25) is 0 Å². The first-order valence-electron chi connectivity index (χ1n) is 28.3. The van der Waals surface area contributed by atoms with E-state index in [4.69, 9.17) is 4.74 Å². The zero-order chi connectivity index (χ0) is 46.5. The molecule has 0 rings (SSSR count). The van der Waals surface area contributed by atoms with Crippen LogP contribution in [0.1, 0.15) is 296 Å². The predicted octanol–water partition coefficient (Wildman–Crippen LogP) is 17.2. The lowest BCUT2D eigenvalue weighted by Crippen LogP contribution is -2.45. The van der Waals surface area contributed by atoms with Crippen molar-refractivity contribution in [2.45, 2.75) is 309 Å². The Bertz CT molecular complexity index is 1040. The van der Waals surface area contributed by atoms with Gasteiger partial charge in [0.05, 0.1) is 25.4 Å². The summed E-state index contributed by atoms with van der Waals surface area (Å²) in [4.78, 5) is 24.5. The van der Waals surface area contributed by atoms with Crippen molar-refractivity contribution in [2.75, 3.05) is 13.2 Å². The number of hydrogen-bond donors (Lipinski definition) is 3. The van der Waals surface area contributed by atoms with Gasteiger partial charge in [-0.1, -0.05) is 230 Å². The quantitative estimate of drug-likeness (QED) is 0.0321. The molecule has 0 saturated carbocycles. The van der Waals surface area contributed by atoms with Crippen molar-refractivity contribution < 1.29 is 24.5 Å². The Morgan fingerprint density at radius 3 is 1.11 bits per heavy atom. The second kappa shape index (κ2) is 53.7. The molecule has 3 N–H and O–H groups in total. The molecular weight excluding hydrogens is 791 g/mol. The van der Waals surface area contributed by atoms with Gasteiger partial charge in [-0.2, -0.15) is 0 Å². The second-order valence-corrected chi connectivity index (χ2v) is 19.3. The van der Waals surface area contributed by atoms with E-state index in [1.54, 1.807) is 6.08 Å². The molecule has 0 heterocycles. The number of esters is 1. The molecule has 0 aliphatic heterocycles. The highest BCUT2D eigenvalue weighted by Gasteiger charge is 2.18. The molecule has 0 radical (unpaired) electrons. The number of aliphatic hydroxyl groups is 2. The Morgan fingerprint density at radius 2 is 0.734 bits per heavy atom. The number of unbranched alkanes of at least 4 members (excludes halogenated alkanes) is 37. The lowest BCUT2D eigenvalue weighted by Gasteiger charge is -2.20. The molecule has 0 aromatic carbocycles. The number of hydrogen-bond acceptors (Lipinski definition) is 5. The van der Waals surface area contributed by atoms with E-state index >= 15 is 0 Å². The van der Waals surface area contributed by atoms with Crippen LogP contribution in [-0.4, -0.2) is 47.4 Å². The van der Waals surface area contributed by atoms with Gasteiger partial charge in [0.2, 0.25) is 5.91 Å². The minimum Gasteiger partial charge on any atom is -0.466 e. The van der Waals surface area contributed by atoms with Gasteiger partial charge in [-0.05, 0) is 89.9 Å². The predicted molar refractivity (Wildman–Crippen MR) is 278 cm³/mol. The number of carbonyl (C=O) groups excluding carboxylic acids is 2. The molecule has 0 fully saturated rings. The van der Waals surface area contributed by atoms with Crippen LogP contribution >= 0.6 is 0 Å². The van der Waals surface area contributed by atoms with Crippen LogP contribution in [0.4, 0.5) is 0 Å². The minimum atomic E-state index is -0.861. The van der Waals surface area contributed by atoms with Crippen molar-refractivity contribution in [1.29, 1.82) is 0 Å². The first kappa shape index (κ1) is 62.1. The topological polar surface area (TPSA) is 95.9 Å². The molecule has 0 aromatic rings. The molecule has 0 aliphatic carbocycles. The Labute approximate surface area is 398 Å². The second-order valence-electron chi connectivity index (χ2n) is 19.3. The number of nitrogens with one attached hydrogen (secondary N) is 1. The van der Waals surface area contributed by atoms with Crippen molar-refractivity contribution in [3.63, 3.8) is 0 Å². The maximum atomic E-state index is 12.4. The molecule has 0 bridgehead atoms. The molecule has 2 unspecified atom stereocenters. The highest BCUT2D eigenvalue weighted by molar-refractivity contribution is 5.76. The molecule has 2 atom stereocenters. The molecule has 0 aliphatic rings. The summed E-state index contributed by atoms with van der Waals surface area (Å²) >= 11 is 0. The van der Waals surface area contributed by atoms with Gasteiger partial charge in [0.15, 0.2) is 0 Å². The van der Waals surface area contributed by atoms with Crippen molar-refractivity contribution in [3.8, 4) is 0 Å². The van der Waals surface area contributed by atoms with E-state index in [0.29, 0.717) is 19.4 Å². The third-order valence-electron chi connectivity index (χ3n) is 12.9. The summed E-state index contributed by atoms with van der Waals surface area (Å²) in [5, 5.41) is 23.1. The van der Waals surface area contributed by atoms with Crippen molar-refractivity contribution in [1.82, 2.24) is 5.32 Å². The molecule has 6 heteroatoms. The molecule has 1 amide bonds. The van der Waals surface area contributed by atoms with Gasteiger partial charge in [-0.3, -0.25) is 9.59 Å². The number of allylic oxidation sites excluding steroid dienone is 5. The largest absolute Gasteiger partial charge is 0.466 e. The van der Waals surface area contributed by atoms with Gasteiger partial charge in [-0.25, -0.2) is 0 Å². The van der Waals surface area contributed by atoms with E-state index in [9.17, 15) is 19.8 Å². The summed E-state index contributed by atoms with van der Waals surface area (Å²) in [6.45, 7) is 4.84. The zero-order valence-electron chi connectivity index (χ0n) is 42.8. The number of carbonyl (C=O) groups is 2. The van der Waals surface area contributed by atoms with Crippen molar-refractivity contribution in [2.24, 2.45) is 0 Å². The number of amides is 1. The Hall–Kier alpha value is -1.92. The lowest BCUT2D eigenvalue weighted by atomic mass is 10.0. The Balaban J connectivity index is 3.52. The van der Waals surface area contributed by atoms with Crippen LogP contribution in [0, 0.1) is 0 Å². The molecule has 0 spiro atoms. The maximum Gasteiger partial charge on any atom is 0.305 e. The van der Waals surface area contributed by atoms with Crippen LogP contribution in [-0.2, 0) is 14.3 Å². The van der Waals surface area contributed by atoms with Gasteiger partial charge in [0.1, 0.15) is 0 Å². The molecular formula is C58H109NO5. The van der Waals surface area contributed by atoms with Crippen molar-refractivity contribution in [3.05, 3.63) is 36.5 Å². The summed E-state index contributed by atoms with van der Waals surface area (Å²) in [5.41, 5.74) is 0. The van der Waals surface area contributed by atoms with E-state index in [-0.39, 0.29) is 18.5 Å². The molecule has 6 nitrogen and oxygen atoms in total. The van der Waals surface area contributed by atoms with Crippen LogP contribution in [0.25, 0.3) is 0 Å². The minimum absolute atomic E-state index is 0.0249. The normalized spacial score (nSPS) is 12.9. The highest BCUT2D eigenvalue weighted by atomic mass is 16.5. The summed E-state index contributed by atoms with van der Waals surface area (Å²) in [6.07, 6.45) is 65.9. The third-order valence-corrected chi connectivity index (χ3v) is 12.9. The number of aliphatic hydroxyl groups excluding tert-OH is 2. The van der Waals surface area contributed by atoms with Crippen LogP contribution < -0.4 is 5.32 Å². The highest BCUT2D eigenvalue weighted by Crippen LogP contribution is 2.16. The van der Waals surface area contributed by atoms with Crippen LogP contribution in [0.3, 0.4) is 0 Å². The zero-order valence-corrected chi connectivity index (χ0v) is 42.8. The molecule has 0 aromatic heterocycles. The summed E-state index contributed by atoms with van der Waals surface area (Å²) in [7, 11) is 0. The summed E-state index contributed by atoms with van der Waals surface area (Å²) < 4.78 is 5.46. The first-order chi connectivity index (χ1) is 31.5. The number of rotatable bonds is 52. The van der Waals surface area contributed by atoms with Crippen LogP contribution in [0.15, 0.2) is 36.5 Å². The van der Waals surface area contributed by atoms with E-state index in [1.807, 2.05) is 6.08 Å². The fourth-order valence-electron chi connectivity index (χ4n) is 8.50. The molecule has 0 saturated heterocycles. The van der Waals surface area contributed by atoms with Gasteiger partial charge in [-0.15, -0.1) is 0 Å². The maximum absolute atomic E-state index is 12.4. The summed E-state index contributed by atoms with van der Waals surface area (Å²) in [5.74, 6) is -0.118. The lowest BCUT2D eigenvalue weighted by molar-refractivity contribution is -0.143. The van der Waals surface area contributed by atoms with Crippen molar-refractivity contribution >= 4 is 11.9 Å². The smallest absolute Gasteiger partial charge is 0.305 e. The van der Waals surface area contributed by atoms with E-state index in [0.717, 1.165) is 83.5 Å². The fraction of sp³-hybridized carbons (Fsp3) is 0.862. The SMILES string of the molecule is CCCCCCCC/C=C\CCCCCCCCCCCC(=O)OCCCCC/C=C\CCCCCCCC(=O)NC(CO)C(O)/C=C/CCCCCCCCCCCCCCCC. The van der Waals surface area contributed by atoms with Gasteiger partial charge in [0, 0.05) is 12.8 Å². The molecule has 64 heavy (non-hydrogen) atoms. The van der Waals surface area contributed by atoms with Crippen LogP contribution in [0.5, 0.6) is 0 Å². The average Bonchev–Trinajstić information content (AvgIpc) is 3.29. The Morgan fingerprint density at radius 1 is 0.422 bits per heavy atom. The monoisotopic (exact) mass is 900 g/mol. The first-order valence-corrected chi connectivity index (χ1v) is 28.3.